The van der Waals surface area contributed by atoms with Crippen molar-refractivity contribution in [3.63, 3.8) is 0 Å². The van der Waals surface area contributed by atoms with Gasteiger partial charge >= 0.3 is 17.9 Å². The summed E-state index contributed by atoms with van der Waals surface area (Å²) in [5.74, 6) is -0.406. The first-order valence-electron chi connectivity index (χ1n) is 20.1. The molecule has 1 heterocycles. The van der Waals surface area contributed by atoms with Crippen LogP contribution in [-0.4, -0.2) is 49.4 Å². The monoisotopic (exact) mass is 667 g/mol. The molecule has 0 saturated carbocycles. The first kappa shape index (κ1) is 43.4. The van der Waals surface area contributed by atoms with Crippen LogP contribution in [0.4, 0.5) is 0 Å². The van der Waals surface area contributed by atoms with Gasteiger partial charge in [0.25, 0.3) is 0 Å². The molecule has 1 aliphatic rings. The second kappa shape index (κ2) is 31.6. The van der Waals surface area contributed by atoms with E-state index >= 15 is 0 Å². The van der Waals surface area contributed by atoms with Crippen molar-refractivity contribution < 1.29 is 33.3 Å². The van der Waals surface area contributed by atoms with E-state index in [2.05, 4.69) is 20.8 Å². The number of ether oxygens (including phenoxy) is 4. The van der Waals surface area contributed by atoms with E-state index in [4.69, 9.17) is 18.9 Å². The molecule has 1 fully saturated rings. The van der Waals surface area contributed by atoms with E-state index in [1.54, 1.807) is 0 Å². The van der Waals surface area contributed by atoms with Crippen LogP contribution in [-0.2, 0) is 33.3 Å². The van der Waals surface area contributed by atoms with Crippen molar-refractivity contribution >= 4 is 17.9 Å². The van der Waals surface area contributed by atoms with E-state index in [9.17, 15) is 14.4 Å². The van der Waals surface area contributed by atoms with Gasteiger partial charge < -0.3 is 18.9 Å². The molecule has 7 nitrogen and oxygen atoms in total. The SMILES string of the molecule is CCCCCCCCC(=O)OCCC[C@H](CC[C@@H](CC[C@@H]1CCCO1)OC(=O)CCCCCCCC)OC(=O)CCCCCCCC. The predicted octanol–water partition coefficient (Wildman–Crippen LogP) is 11.1. The minimum absolute atomic E-state index is 0.119. The van der Waals surface area contributed by atoms with Gasteiger partial charge in [0.05, 0.1) is 12.7 Å². The number of hydrogen-bond donors (Lipinski definition) is 0. The highest BCUT2D eigenvalue weighted by atomic mass is 16.6. The maximum Gasteiger partial charge on any atom is 0.306 e. The van der Waals surface area contributed by atoms with Crippen LogP contribution in [0.25, 0.3) is 0 Å². The van der Waals surface area contributed by atoms with Gasteiger partial charge in [0, 0.05) is 25.9 Å². The summed E-state index contributed by atoms with van der Waals surface area (Å²) in [4.78, 5) is 37.9. The minimum atomic E-state index is -0.276. The van der Waals surface area contributed by atoms with E-state index in [1.165, 1.54) is 70.6 Å². The molecule has 276 valence electrons. The largest absolute Gasteiger partial charge is 0.466 e. The highest BCUT2D eigenvalue weighted by Gasteiger charge is 2.23. The van der Waals surface area contributed by atoms with Crippen LogP contribution in [0.5, 0.6) is 0 Å². The van der Waals surface area contributed by atoms with Gasteiger partial charge in [0.1, 0.15) is 12.2 Å². The fraction of sp³-hybridized carbons (Fsp3) is 0.925. The van der Waals surface area contributed by atoms with Crippen LogP contribution in [0.2, 0.25) is 0 Å². The maximum atomic E-state index is 12.8. The van der Waals surface area contributed by atoms with Gasteiger partial charge in [0.15, 0.2) is 0 Å². The summed E-state index contributed by atoms with van der Waals surface area (Å²) < 4.78 is 23.4. The van der Waals surface area contributed by atoms with Crippen molar-refractivity contribution in [3.8, 4) is 0 Å². The van der Waals surface area contributed by atoms with E-state index in [-0.39, 0.29) is 36.2 Å². The van der Waals surface area contributed by atoms with Crippen molar-refractivity contribution in [1.82, 2.24) is 0 Å². The summed E-state index contributed by atoms with van der Waals surface area (Å²) in [7, 11) is 0. The number of esters is 3. The van der Waals surface area contributed by atoms with Crippen molar-refractivity contribution in [2.45, 2.75) is 225 Å². The molecule has 0 spiro atoms. The second-order valence-electron chi connectivity index (χ2n) is 13.9. The lowest BCUT2D eigenvalue weighted by molar-refractivity contribution is -0.154. The third-order valence-electron chi connectivity index (χ3n) is 9.38. The molecular formula is C40H74O7. The molecule has 3 atom stereocenters. The molecule has 1 aliphatic heterocycles. The zero-order valence-corrected chi connectivity index (χ0v) is 31.0. The average Bonchev–Trinajstić information content (AvgIpc) is 3.59. The minimum Gasteiger partial charge on any atom is -0.466 e. The summed E-state index contributed by atoms with van der Waals surface area (Å²) in [6.45, 7) is 7.78. The van der Waals surface area contributed by atoms with Gasteiger partial charge in [-0.2, -0.15) is 0 Å². The highest BCUT2D eigenvalue weighted by Crippen LogP contribution is 2.23. The third kappa shape index (κ3) is 26.9. The Morgan fingerprint density at radius 3 is 1.47 bits per heavy atom. The number of carbonyl (C=O) groups is 3. The molecule has 0 aromatic rings. The van der Waals surface area contributed by atoms with Crippen molar-refractivity contribution in [1.29, 1.82) is 0 Å². The Hall–Kier alpha value is -1.63. The quantitative estimate of drug-likeness (QED) is 0.0391. The number of rotatable bonds is 33. The summed E-state index contributed by atoms with van der Waals surface area (Å²) in [5, 5.41) is 0. The van der Waals surface area contributed by atoms with Crippen LogP contribution < -0.4 is 0 Å². The molecule has 47 heavy (non-hydrogen) atoms. The van der Waals surface area contributed by atoms with Gasteiger partial charge in [-0.05, 0) is 70.6 Å². The van der Waals surface area contributed by atoms with Crippen molar-refractivity contribution in [2.75, 3.05) is 13.2 Å². The third-order valence-corrected chi connectivity index (χ3v) is 9.38. The first-order valence-corrected chi connectivity index (χ1v) is 20.1. The van der Waals surface area contributed by atoms with Crippen molar-refractivity contribution in [2.24, 2.45) is 0 Å². The Balaban J connectivity index is 2.61. The van der Waals surface area contributed by atoms with Gasteiger partial charge in [0.2, 0.25) is 0 Å². The van der Waals surface area contributed by atoms with Crippen LogP contribution >= 0.6 is 0 Å². The molecule has 0 aliphatic carbocycles. The van der Waals surface area contributed by atoms with Crippen LogP contribution in [0, 0.1) is 0 Å². The highest BCUT2D eigenvalue weighted by molar-refractivity contribution is 5.70. The van der Waals surface area contributed by atoms with Gasteiger partial charge in [-0.25, -0.2) is 0 Å². The molecule has 0 aromatic carbocycles. The van der Waals surface area contributed by atoms with Gasteiger partial charge in [-0.3, -0.25) is 14.4 Å². The Labute approximate surface area is 289 Å². The Bertz CT molecular complexity index is 749. The lowest BCUT2D eigenvalue weighted by atomic mass is 10.0. The number of carbonyl (C=O) groups excluding carboxylic acids is 3. The number of unbranched alkanes of at least 4 members (excludes halogenated alkanes) is 15. The van der Waals surface area contributed by atoms with E-state index in [0.717, 1.165) is 77.2 Å². The van der Waals surface area contributed by atoms with Crippen LogP contribution in [0.15, 0.2) is 0 Å². The molecular weight excluding hydrogens is 592 g/mol. The molecule has 1 saturated heterocycles. The molecule has 1 rings (SSSR count). The van der Waals surface area contributed by atoms with Gasteiger partial charge in [-0.15, -0.1) is 0 Å². The number of hydrogen-bond acceptors (Lipinski definition) is 7. The summed E-state index contributed by atoms with van der Waals surface area (Å²) in [6.07, 6.45) is 27.9. The van der Waals surface area contributed by atoms with E-state index in [0.29, 0.717) is 51.6 Å². The molecule has 0 unspecified atom stereocenters. The topological polar surface area (TPSA) is 88.1 Å². The second-order valence-corrected chi connectivity index (χ2v) is 13.9. The van der Waals surface area contributed by atoms with Gasteiger partial charge in [-0.1, -0.05) is 117 Å². The normalized spacial score (nSPS) is 15.8. The molecule has 0 aromatic heterocycles. The van der Waals surface area contributed by atoms with E-state index < -0.39 is 0 Å². The lowest BCUT2D eigenvalue weighted by Crippen LogP contribution is -2.25. The van der Waals surface area contributed by atoms with E-state index in [1.807, 2.05) is 0 Å². The molecule has 0 amide bonds. The lowest BCUT2D eigenvalue weighted by Gasteiger charge is -2.23. The predicted molar refractivity (Wildman–Crippen MR) is 191 cm³/mol. The fourth-order valence-electron chi connectivity index (χ4n) is 6.35. The maximum absolute atomic E-state index is 12.8. The Kier molecular flexibility index (Phi) is 29.2. The first-order chi connectivity index (χ1) is 23.0. The molecule has 7 heteroatoms. The summed E-state index contributed by atoms with van der Waals surface area (Å²) in [6, 6.07) is 0. The zero-order valence-electron chi connectivity index (χ0n) is 31.0. The standard InChI is InChI=1S/C40H74O7/c1-4-7-10-13-16-19-26-38(41)45-34-23-25-36(46-39(42)27-20-17-14-11-8-5-2)31-32-37(30-29-35-24-22-33-44-35)47-40(43)28-21-18-15-12-9-6-3/h35-37H,4-34H2,1-3H3/t35-,36+,37+/m0/s1. The van der Waals surface area contributed by atoms with Crippen LogP contribution in [0.3, 0.4) is 0 Å². The smallest absolute Gasteiger partial charge is 0.306 e. The Morgan fingerprint density at radius 1 is 0.553 bits per heavy atom. The summed E-state index contributed by atoms with van der Waals surface area (Å²) >= 11 is 0. The summed E-state index contributed by atoms with van der Waals surface area (Å²) in [5.41, 5.74) is 0. The molecule has 0 N–H and O–H groups in total. The molecule has 0 radical (unpaired) electrons. The van der Waals surface area contributed by atoms with Crippen LogP contribution in [0.1, 0.15) is 207 Å². The fourth-order valence-corrected chi connectivity index (χ4v) is 6.35. The molecule has 0 bridgehead atoms. The Morgan fingerprint density at radius 2 is 1.00 bits per heavy atom. The average molecular weight is 667 g/mol. The zero-order chi connectivity index (χ0) is 34.2. The van der Waals surface area contributed by atoms with Crippen molar-refractivity contribution in [3.05, 3.63) is 0 Å².